The summed E-state index contributed by atoms with van der Waals surface area (Å²) in [6, 6.07) is 7.65. The standard InChI is InChI=1S/C25H24N6O12/c1-25(2,3)43-24(36)29-12-16(13-29)26-21(27-22(34)41-19(32)14-4-8-17(9-5-14)30(37)38)28-23(35)42-20(33)15-6-10-18(11-7-15)31(39)40/h4-11,16H,12-13H2,1-3H3,(H2,26,27,28,34,35). The van der Waals surface area contributed by atoms with Crippen molar-refractivity contribution >= 4 is 47.6 Å². The van der Waals surface area contributed by atoms with Gasteiger partial charge in [0, 0.05) is 37.4 Å². The number of alkyl carbamates (subject to hydrolysis) is 2. The fourth-order valence-electron chi connectivity index (χ4n) is 3.26. The second kappa shape index (κ2) is 13.1. The molecule has 0 atom stereocenters. The number of nitro benzene ring substituents is 2. The molecular formula is C25H24N6O12. The average Bonchev–Trinajstić information content (AvgIpc) is 2.89. The van der Waals surface area contributed by atoms with Gasteiger partial charge in [-0.05, 0) is 45.0 Å². The Morgan fingerprint density at radius 2 is 1.19 bits per heavy atom. The molecule has 0 spiro atoms. The van der Waals surface area contributed by atoms with E-state index < -0.39 is 57.7 Å². The number of non-ortho nitro benzene ring substituents is 2. The number of nitrogens with zero attached hydrogens (tertiary/aromatic N) is 4. The number of rotatable bonds is 5. The second-order valence-electron chi connectivity index (χ2n) is 9.73. The molecule has 2 aromatic rings. The summed E-state index contributed by atoms with van der Waals surface area (Å²) in [4.78, 5) is 87.1. The monoisotopic (exact) mass is 600 g/mol. The third-order valence-corrected chi connectivity index (χ3v) is 5.27. The molecule has 0 radical (unpaired) electrons. The zero-order valence-corrected chi connectivity index (χ0v) is 22.8. The van der Waals surface area contributed by atoms with Gasteiger partial charge in [-0.25, -0.2) is 29.0 Å². The first-order chi connectivity index (χ1) is 20.1. The quantitative estimate of drug-likeness (QED) is 0.0957. The molecule has 2 aromatic carbocycles. The molecule has 1 saturated heterocycles. The van der Waals surface area contributed by atoms with Crippen LogP contribution in [0.2, 0.25) is 0 Å². The van der Waals surface area contributed by atoms with Gasteiger partial charge in [0.1, 0.15) is 5.60 Å². The van der Waals surface area contributed by atoms with Crippen molar-refractivity contribution in [2.24, 2.45) is 4.99 Å². The second-order valence-corrected chi connectivity index (χ2v) is 9.73. The Morgan fingerprint density at radius 3 is 1.53 bits per heavy atom. The van der Waals surface area contributed by atoms with Gasteiger partial charge >= 0.3 is 30.2 Å². The van der Waals surface area contributed by atoms with Crippen LogP contribution in [-0.4, -0.2) is 75.7 Å². The van der Waals surface area contributed by atoms with Crippen molar-refractivity contribution < 1.29 is 48.0 Å². The van der Waals surface area contributed by atoms with E-state index in [9.17, 15) is 44.2 Å². The van der Waals surface area contributed by atoms with Crippen molar-refractivity contribution in [2.75, 3.05) is 13.1 Å². The van der Waals surface area contributed by atoms with Crippen LogP contribution in [0.25, 0.3) is 0 Å². The van der Waals surface area contributed by atoms with Crippen molar-refractivity contribution in [3.05, 3.63) is 79.9 Å². The molecule has 3 amide bonds. The summed E-state index contributed by atoms with van der Waals surface area (Å²) in [7, 11) is 0. The molecule has 3 rings (SSSR count). The number of amides is 3. The molecule has 0 bridgehead atoms. The Balaban J connectivity index is 1.68. The van der Waals surface area contributed by atoms with Gasteiger partial charge in [-0.2, -0.15) is 0 Å². The van der Waals surface area contributed by atoms with E-state index >= 15 is 0 Å². The number of benzene rings is 2. The normalized spacial score (nSPS) is 12.6. The van der Waals surface area contributed by atoms with Crippen molar-refractivity contribution in [1.29, 1.82) is 0 Å². The molecule has 226 valence electrons. The van der Waals surface area contributed by atoms with Crippen LogP contribution in [0.5, 0.6) is 0 Å². The van der Waals surface area contributed by atoms with E-state index in [4.69, 9.17) is 4.74 Å². The summed E-state index contributed by atoms with van der Waals surface area (Å²) in [5.74, 6) is -3.00. The molecule has 0 unspecified atom stereocenters. The van der Waals surface area contributed by atoms with Gasteiger partial charge in [-0.3, -0.25) is 30.9 Å². The van der Waals surface area contributed by atoms with Gasteiger partial charge in [-0.15, -0.1) is 0 Å². The minimum Gasteiger partial charge on any atom is -0.444 e. The molecule has 1 heterocycles. The Kier molecular flexibility index (Phi) is 9.66. The van der Waals surface area contributed by atoms with Crippen LogP contribution in [0.4, 0.5) is 25.8 Å². The minimum atomic E-state index is -1.42. The maximum atomic E-state index is 12.4. The molecule has 1 aliphatic rings. The SMILES string of the molecule is CC(C)(C)OC(=O)N1CC(N=C(NC(=O)OC(=O)c2ccc([N+](=O)[O-])cc2)NC(=O)OC(=O)c2ccc([N+](=O)[O-])cc2)C1. The third kappa shape index (κ3) is 9.30. The van der Waals surface area contributed by atoms with Gasteiger partial charge in [-0.1, -0.05) is 0 Å². The topological polar surface area (TPSA) is 239 Å². The summed E-state index contributed by atoms with van der Waals surface area (Å²) < 4.78 is 14.5. The molecule has 18 nitrogen and oxygen atoms in total. The number of hydrogen-bond acceptors (Lipinski definition) is 13. The van der Waals surface area contributed by atoms with E-state index in [0.717, 1.165) is 48.5 Å². The Labute approximate surface area is 241 Å². The van der Waals surface area contributed by atoms with Gasteiger partial charge < -0.3 is 19.1 Å². The van der Waals surface area contributed by atoms with Crippen molar-refractivity contribution in [1.82, 2.24) is 15.5 Å². The Bertz CT molecular complexity index is 1390. The van der Waals surface area contributed by atoms with Gasteiger partial charge in [0.25, 0.3) is 11.4 Å². The Morgan fingerprint density at radius 1 is 0.791 bits per heavy atom. The van der Waals surface area contributed by atoms with E-state index in [1.165, 1.54) is 4.90 Å². The summed E-state index contributed by atoms with van der Waals surface area (Å²) in [6.45, 7) is 5.09. The zero-order valence-electron chi connectivity index (χ0n) is 22.8. The number of ether oxygens (including phenoxy) is 3. The van der Waals surface area contributed by atoms with Crippen LogP contribution in [0.3, 0.4) is 0 Å². The fraction of sp³-hybridized carbons (Fsp3) is 0.280. The highest BCUT2D eigenvalue weighted by Crippen LogP contribution is 2.18. The van der Waals surface area contributed by atoms with E-state index in [1.54, 1.807) is 20.8 Å². The molecule has 18 heteroatoms. The van der Waals surface area contributed by atoms with Crippen LogP contribution >= 0.6 is 0 Å². The van der Waals surface area contributed by atoms with Gasteiger partial charge in [0.05, 0.1) is 27.0 Å². The summed E-state index contributed by atoms with van der Waals surface area (Å²) in [5, 5.41) is 25.6. The highest BCUT2D eigenvalue weighted by Gasteiger charge is 2.34. The lowest BCUT2D eigenvalue weighted by atomic mass is 10.1. The van der Waals surface area contributed by atoms with Crippen LogP contribution in [0.1, 0.15) is 41.5 Å². The molecule has 0 aromatic heterocycles. The number of aliphatic imine (C=N–C) groups is 1. The predicted octanol–water partition coefficient (Wildman–Crippen LogP) is 2.91. The first kappa shape index (κ1) is 31.6. The first-order valence-electron chi connectivity index (χ1n) is 12.2. The molecule has 1 fully saturated rings. The first-order valence-corrected chi connectivity index (χ1v) is 12.2. The maximum Gasteiger partial charge on any atom is 0.421 e. The smallest absolute Gasteiger partial charge is 0.421 e. The third-order valence-electron chi connectivity index (χ3n) is 5.27. The van der Waals surface area contributed by atoms with E-state index in [0.29, 0.717) is 0 Å². The number of likely N-dealkylation sites (tertiary alicyclic amines) is 1. The van der Waals surface area contributed by atoms with E-state index in [2.05, 4.69) is 14.5 Å². The number of nitrogens with one attached hydrogen (secondary N) is 2. The van der Waals surface area contributed by atoms with Gasteiger partial charge in [0.2, 0.25) is 5.96 Å². The molecule has 2 N–H and O–H groups in total. The maximum absolute atomic E-state index is 12.4. The van der Waals surface area contributed by atoms with Crippen LogP contribution in [-0.2, 0) is 14.2 Å². The van der Waals surface area contributed by atoms with Crippen molar-refractivity contribution in [3.63, 3.8) is 0 Å². The highest BCUT2D eigenvalue weighted by atomic mass is 16.6. The highest BCUT2D eigenvalue weighted by molar-refractivity contribution is 6.07. The number of guanidine groups is 1. The van der Waals surface area contributed by atoms with E-state index in [1.807, 2.05) is 10.6 Å². The summed E-state index contributed by atoms with van der Waals surface area (Å²) >= 11 is 0. The predicted molar refractivity (Wildman–Crippen MR) is 143 cm³/mol. The Hall–Kier alpha value is -5.94. The number of esters is 2. The van der Waals surface area contributed by atoms with Crippen molar-refractivity contribution in [2.45, 2.75) is 32.4 Å². The number of nitro groups is 2. The molecule has 1 aliphatic heterocycles. The summed E-state index contributed by atoms with van der Waals surface area (Å²) in [5.41, 5.74) is -1.76. The zero-order chi connectivity index (χ0) is 31.9. The summed E-state index contributed by atoms with van der Waals surface area (Å²) in [6.07, 6.45) is -3.47. The molecule has 0 aliphatic carbocycles. The lowest BCUT2D eigenvalue weighted by Gasteiger charge is -2.37. The molecule has 43 heavy (non-hydrogen) atoms. The lowest BCUT2D eigenvalue weighted by molar-refractivity contribution is -0.385. The number of hydrogen-bond donors (Lipinski definition) is 2. The average molecular weight is 600 g/mol. The molecule has 0 saturated carbocycles. The lowest BCUT2D eigenvalue weighted by Crippen LogP contribution is -2.56. The minimum absolute atomic E-state index is 0.0231. The number of carbonyl (C=O) groups excluding carboxylic acids is 5. The van der Waals surface area contributed by atoms with Crippen LogP contribution in [0.15, 0.2) is 53.5 Å². The number of carbonyl (C=O) groups is 5. The van der Waals surface area contributed by atoms with Crippen molar-refractivity contribution in [3.8, 4) is 0 Å². The fourth-order valence-corrected chi connectivity index (χ4v) is 3.26. The largest absolute Gasteiger partial charge is 0.444 e. The van der Waals surface area contributed by atoms with Gasteiger partial charge in [0.15, 0.2) is 0 Å². The van der Waals surface area contributed by atoms with Crippen LogP contribution in [0, 0.1) is 20.2 Å². The molecular weight excluding hydrogens is 576 g/mol. The van der Waals surface area contributed by atoms with E-state index in [-0.39, 0.29) is 35.6 Å². The van der Waals surface area contributed by atoms with Crippen LogP contribution < -0.4 is 10.6 Å².